The molecular weight excluding hydrogens is 440 g/mol. The van der Waals surface area contributed by atoms with Crippen molar-refractivity contribution in [3.63, 3.8) is 0 Å². The van der Waals surface area contributed by atoms with Gasteiger partial charge in [-0.05, 0) is 48.9 Å². The van der Waals surface area contributed by atoms with Gasteiger partial charge in [0.15, 0.2) is 28.5 Å². The van der Waals surface area contributed by atoms with Crippen LogP contribution in [-0.2, 0) is 0 Å². The van der Waals surface area contributed by atoms with E-state index in [0.29, 0.717) is 44.8 Å². The van der Waals surface area contributed by atoms with Crippen molar-refractivity contribution < 1.29 is 22.3 Å². The minimum Gasteiger partial charge on any atom is -0.403 e. The Morgan fingerprint density at radius 1 is 1.03 bits per heavy atom. The molecule has 0 unspecified atom stereocenters. The van der Waals surface area contributed by atoms with Crippen LogP contribution in [0.2, 0.25) is 0 Å². The van der Waals surface area contributed by atoms with Crippen LogP contribution >= 0.6 is 0 Å². The number of hydrogen-bond acceptors (Lipinski definition) is 4. The van der Waals surface area contributed by atoms with Crippen molar-refractivity contribution >= 4 is 16.6 Å². The lowest BCUT2D eigenvalue weighted by molar-refractivity contribution is -0.275. The maximum Gasteiger partial charge on any atom is 0.573 e. The molecule has 10 heteroatoms. The first-order valence-corrected chi connectivity index (χ1v) is 9.74. The van der Waals surface area contributed by atoms with E-state index in [1.54, 1.807) is 43.5 Å². The summed E-state index contributed by atoms with van der Waals surface area (Å²) in [6.45, 7) is 1.69. The highest BCUT2D eigenvalue weighted by molar-refractivity contribution is 5.82. The second kappa shape index (κ2) is 7.44. The van der Waals surface area contributed by atoms with Crippen LogP contribution in [-0.4, -0.2) is 25.9 Å². The molecule has 0 amide bonds. The molecule has 0 saturated carbocycles. The summed E-state index contributed by atoms with van der Waals surface area (Å²) in [5.74, 6) is -1.76. The molecule has 2 aromatic carbocycles. The topological polar surface area (TPSA) is 72.3 Å². The first kappa shape index (κ1) is 20.7. The van der Waals surface area contributed by atoms with Crippen molar-refractivity contribution in [2.45, 2.75) is 13.3 Å². The maximum atomic E-state index is 14.1. The standard InChI is InChI=1S/C23H14F4N4O2/c1-12-20(28-17-5-3-2-4-15(17)21(12)32)22-29-19-9-7-14(11-31(19)30-22)13-6-8-18(16(24)10-13)33-23(25,26)27/h2-11H,1H3,(H,28,32). The van der Waals surface area contributed by atoms with E-state index in [-0.39, 0.29) is 5.43 Å². The van der Waals surface area contributed by atoms with Gasteiger partial charge in [-0.3, -0.25) is 4.79 Å². The lowest BCUT2D eigenvalue weighted by Gasteiger charge is -2.10. The monoisotopic (exact) mass is 454 g/mol. The SMILES string of the molecule is Cc1c(-c2nc3ccc(-c4ccc(OC(F)(F)F)c(F)c4)cn3n2)[nH]c2ccccc2c1=O. The Labute approximate surface area is 183 Å². The second-order valence-corrected chi connectivity index (χ2v) is 7.35. The minimum absolute atomic E-state index is 0.129. The Hall–Kier alpha value is -4.21. The van der Waals surface area contributed by atoms with Gasteiger partial charge in [-0.2, -0.15) is 0 Å². The average molecular weight is 454 g/mol. The van der Waals surface area contributed by atoms with Crippen molar-refractivity contribution in [1.82, 2.24) is 19.6 Å². The largest absolute Gasteiger partial charge is 0.573 e. The number of nitrogens with one attached hydrogen (secondary N) is 1. The summed E-state index contributed by atoms with van der Waals surface area (Å²) in [6.07, 6.45) is -3.42. The number of benzene rings is 2. The summed E-state index contributed by atoms with van der Waals surface area (Å²) >= 11 is 0. The highest BCUT2D eigenvalue weighted by Gasteiger charge is 2.32. The van der Waals surface area contributed by atoms with E-state index in [1.165, 1.54) is 10.6 Å². The summed E-state index contributed by atoms with van der Waals surface area (Å²) < 4.78 is 56.4. The fraction of sp³-hybridized carbons (Fsp3) is 0.0870. The number of fused-ring (bicyclic) bond motifs is 2. The van der Waals surface area contributed by atoms with Gasteiger partial charge >= 0.3 is 6.36 Å². The molecule has 0 spiro atoms. The van der Waals surface area contributed by atoms with E-state index in [9.17, 15) is 22.4 Å². The molecule has 0 saturated heterocycles. The number of H-pyrrole nitrogens is 1. The number of ether oxygens (including phenoxy) is 1. The molecule has 0 radical (unpaired) electrons. The van der Waals surface area contributed by atoms with Crippen LogP contribution < -0.4 is 10.2 Å². The Balaban J connectivity index is 1.55. The summed E-state index contributed by atoms with van der Waals surface area (Å²) in [5, 5.41) is 4.99. The molecule has 0 bridgehead atoms. The highest BCUT2D eigenvalue weighted by atomic mass is 19.4. The third kappa shape index (κ3) is 3.79. The lowest BCUT2D eigenvalue weighted by atomic mass is 10.1. The number of aromatic amines is 1. The fourth-order valence-corrected chi connectivity index (χ4v) is 3.61. The summed E-state index contributed by atoms with van der Waals surface area (Å²) in [6, 6.07) is 13.6. The predicted octanol–water partition coefficient (Wildman–Crippen LogP) is 5.25. The molecule has 1 N–H and O–H groups in total. The molecule has 0 fully saturated rings. The van der Waals surface area contributed by atoms with Crippen molar-refractivity contribution in [1.29, 1.82) is 0 Å². The smallest absolute Gasteiger partial charge is 0.403 e. The van der Waals surface area contributed by atoms with Crippen LogP contribution in [0.3, 0.4) is 0 Å². The number of nitrogens with zero attached hydrogens (tertiary/aromatic N) is 3. The molecule has 5 aromatic rings. The summed E-state index contributed by atoms with van der Waals surface area (Å²) in [7, 11) is 0. The molecule has 6 nitrogen and oxygen atoms in total. The van der Waals surface area contributed by atoms with Gasteiger partial charge in [0.2, 0.25) is 0 Å². The molecular formula is C23H14F4N4O2. The molecule has 0 aliphatic heterocycles. The average Bonchev–Trinajstić information content (AvgIpc) is 3.20. The van der Waals surface area contributed by atoms with E-state index in [2.05, 4.69) is 19.8 Å². The number of halogens is 4. The number of alkyl halides is 3. The first-order chi connectivity index (χ1) is 15.7. The summed E-state index contributed by atoms with van der Waals surface area (Å²) in [4.78, 5) is 20.4. The Bertz CT molecular complexity index is 1590. The molecule has 33 heavy (non-hydrogen) atoms. The zero-order chi connectivity index (χ0) is 23.3. The number of rotatable bonds is 3. The van der Waals surface area contributed by atoms with E-state index in [0.717, 1.165) is 12.1 Å². The van der Waals surface area contributed by atoms with Crippen LogP contribution in [0.25, 0.3) is 39.2 Å². The molecule has 0 atom stereocenters. The highest BCUT2D eigenvalue weighted by Crippen LogP contribution is 2.30. The third-order valence-electron chi connectivity index (χ3n) is 5.19. The van der Waals surface area contributed by atoms with Crippen molar-refractivity contribution in [3.8, 4) is 28.4 Å². The molecule has 0 aliphatic rings. The van der Waals surface area contributed by atoms with E-state index >= 15 is 0 Å². The minimum atomic E-state index is -4.99. The predicted molar refractivity (Wildman–Crippen MR) is 113 cm³/mol. The van der Waals surface area contributed by atoms with Gasteiger partial charge in [-0.1, -0.05) is 18.2 Å². The van der Waals surface area contributed by atoms with Crippen LogP contribution in [0.1, 0.15) is 5.56 Å². The molecule has 3 heterocycles. The number of para-hydroxylation sites is 1. The van der Waals surface area contributed by atoms with Crippen LogP contribution in [0, 0.1) is 12.7 Å². The van der Waals surface area contributed by atoms with Gasteiger partial charge in [-0.15, -0.1) is 18.3 Å². The maximum absolute atomic E-state index is 14.1. The van der Waals surface area contributed by atoms with Crippen LogP contribution in [0.15, 0.2) is 65.6 Å². The second-order valence-electron chi connectivity index (χ2n) is 7.35. The van der Waals surface area contributed by atoms with Crippen LogP contribution in [0.4, 0.5) is 17.6 Å². The van der Waals surface area contributed by atoms with Gasteiger partial charge in [0, 0.05) is 28.2 Å². The molecule has 166 valence electrons. The molecule has 5 rings (SSSR count). The van der Waals surface area contributed by atoms with Gasteiger partial charge < -0.3 is 9.72 Å². The van der Waals surface area contributed by atoms with E-state index < -0.39 is 17.9 Å². The van der Waals surface area contributed by atoms with Crippen molar-refractivity contribution in [2.75, 3.05) is 0 Å². The summed E-state index contributed by atoms with van der Waals surface area (Å²) in [5.41, 5.74) is 2.77. The van der Waals surface area contributed by atoms with Gasteiger partial charge in [0.1, 0.15) is 0 Å². The Morgan fingerprint density at radius 2 is 1.79 bits per heavy atom. The van der Waals surface area contributed by atoms with Crippen molar-refractivity contribution in [3.05, 3.63) is 82.4 Å². The van der Waals surface area contributed by atoms with Gasteiger partial charge in [0.25, 0.3) is 0 Å². The normalized spacial score (nSPS) is 11.9. The van der Waals surface area contributed by atoms with E-state index in [1.807, 2.05) is 6.07 Å². The van der Waals surface area contributed by atoms with Crippen molar-refractivity contribution in [2.24, 2.45) is 0 Å². The quantitative estimate of drug-likeness (QED) is 0.378. The lowest BCUT2D eigenvalue weighted by Crippen LogP contribution is -2.17. The Kier molecular flexibility index (Phi) is 4.66. The number of pyridine rings is 2. The van der Waals surface area contributed by atoms with Crippen LogP contribution in [0.5, 0.6) is 5.75 Å². The van der Waals surface area contributed by atoms with Gasteiger partial charge in [0.05, 0.1) is 5.69 Å². The zero-order valence-electron chi connectivity index (χ0n) is 16.9. The number of hydrogen-bond donors (Lipinski definition) is 1. The van der Waals surface area contributed by atoms with Gasteiger partial charge in [-0.25, -0.2) is 13.9 Å². The Morgan fingerprint density at radius 3 is 2.55 bits per heavy atom. The molecule has 3 aromatic heterocycles. The fourth-order valence-electron chi connectivity index (χ4n) is 3.61. The zero-order valence-corrected chi connectivity index (χ0v) is 16.9. The van der Waals surface area contributed by atoms with E-state index in [4.69, 9.17) is 0 Å². The number of aromatic nitrogens is 4. The first-order valence-electron chi connectivity index (χ1n) is 9.74. The molecule has 0 aliphatic carbocycles. The third-order valence-corrected chi connectivity index (χ3v) is 5.19.